The number of nitrogens with one attached hydrogen (secondary N) is 1. The third kappa shape index (κ3) is 3.84. The number of hydrogen-bond acceptors (Lipinski definition) is 5. The SMILES string of the molecule is CS(=O)c1ccccc1N=C1NC(=O)/C(=C/c2ccc3ncccc3c2)S1. The topological polar surface area (TPSA) is 71.4 Å². The van der Waals surface area contributed by atoms with Crippen LogP contribution in [-0.2, 0) is 15.6 Å². The Morgan fingerprint density at radius 2 is 2.00 bits per heavy atom. The van der Waals surface area contributed by atoms with Gasteiger partial charge in [-0.3, -0.25) is 14.0 Å². The Labute approximate surface area is 163 Å². The second-order valence-corrected chi connectivity index (χ2v) is 8.24. The molecule has 1 fully saturated rings. The smallest absolute Gasteiger partial charge is 0.264 e. The van der Waals surface area contributed by atoms with Crippen molar-refractivity contribution in [3.63, 3.8) is 0 Å². The maximum Gasteiger partial charge on any atom is 0.264 e. The fourth-order valence-corrected chi connectivity index (χ4v) is 4.23. The molecule has 1 aliphatic rings. The van der Waals surface area contributed by atoms with E-state index in [1.54, 1.807) is 24.6 Å². The summed E-state index contributed by atoms with van der Waals surface area (Å²) < 4.78 is 11.8. The number of para-hydroxylation sites is 1. The van der Waals surface area contributed by atoms with E-state index in [0.717, 1.165) is 16.5 Å². The molecule has 1 aliphatic heterocycles. The van der Waals surface area contributed by atoms with E-state index in [2.05, 4.69) is 15.3 Å². The van der Waals surface area contributed by atoms with Gasteiger partial charge < -0.3 is 5.32 Å². The number of aliphatic imine (C=N–C) groups is 1. The summed E-state index contributed by atoms with van der Waals surface area (Å²) in [5, 5.41) is 4.27. The Kier molecular flexibility index (Phi) is 4.87. The number of hydrogen-bond donors (Lipinski definition) is 1. The van der Waals surface area contributed by atoms with Crippen molar-refractivity contribution in [2.45, 2.75) is 4.90 Å². The van der Waals surface area contributed by atoms with Crippen LogP contribution in [0.1, 0.15) is 5.56 Å². The van der Waals surface area contributed by atoms with Gasteiger partial charge in [0.1, 0.15) is 0 Å². The molecule has 27 heavy (non-hydrogen) atoms. The number of amidine groups is 1. The molecule has 0 radical (unpaired) electrons. The van der Waals surface area contributed by atoms with Gasteiger partial charge in [-0.2, -0.15) is 0 Å². The van der Waals surface area contributed by atoms with E-state index in [4.69, 9.17) is 0 Å². The molecule has 1 N–H and O–H groups in total. The van der Waals surface area contributed by atoms with Gasteiger partial charge in [0.05, 0.1) is 31.8 Å². The van der Waals surface area contributed by atoms with Gasteiger partial charge in [-0.25, -0.2) is 4.99 Å². The molecule has 2 aromatic carbocycles. The van der Waals surface area contributed by atoms with Gasteiger partial charge in [0.25, 0.3) is 5.91 Å². The molecule has 1 saturated heterocycles. The molecule has 1 atom stereocenters. The van der Waals surface area contributed by atoms with Crippen molar-refractivity contribution in [3.05, 3.63) is 71.3 Å². The van der Waals surface area contributed by atoms with Crippen molar-refractivity contribution in [1.29, 1.82) is 0 Å². The third-order valence-electron chi connectivity index (χ3n) is 3.97. The van der Waals surface area contributed by atoms with Crippen molar-refractivity contribution >= 4 is 56.3 Å². The molecule has 1 amide bonds. The summed E-state index contributed by atoms with van der Waals surface area (Å²) in [6.07, 6.45) is 5.20. The molecular formula is C20H15N3O2S2. The van der Waals surface area contributed by atoms with E-state index in [1.807, 2.05) is 48.5 Å². The molecule has 2 heterocycles. The quantitative estimate of drug-likeness (QED) is 0.686. The van der Waals surface area contributed by atoms with Crippen LogP contribution < -0.4 is 5.32 Å². The minimum absolute atomic E-state index is 0.194. The van der Waals surface area contributed by atoms with Crippen molar-refractivity contribution < 1.29 is 9.00 Å². The standard InChI is InChI=1S/C20H15N3O2S2/c1-27(25)18-7-3-2-6-16(18)22-20-23-19(24)17(26-20)12-13-8-9-15-14(11-13)5-4-10-21-15/h2-12H,1H3,(H,22,23,24)/b17-12-. The lowest BCUT2D eigenvalue weighted by Gasteiger charge is -2.02. The average Bonchev–Trinajstić information content (AvgIpc) is 3.01. The summed E-state index contributed by atoms with van der Waals surface area (Å²) in [5.41, 5.74) is 2.43. The molecule has 5 nitrogen and oxygen atoms in total. The summed E-state index contributed by atoms with van der Waals surface area (Å²) in [7, 11) is -1.15. The molecule has 4 rings (SSSR count). The number of rotatable bonds is 3. The summed E-state index contributed by atoms with van der Waals surface area (Å²) in [6, 6.07) is 16.9. The monoisotopic (exact) mass is 393 g/mol. The predicted molar refractivity (Wildman–Crippen MR) is 111 cm³/mol. The first kappa shape index (κ1) is 17.6. The molecule has 1 unspecified atom stereocenters. The van der Waals surface area contributed by atoms with Gasteiger partial charge >= 0.3 is 0 Å². The summed E-state index contributed by atoms with van der Waals surface area (Å²) in [5.74, 6) is -0.194. The molecule has 134 valence electrons. The van der Waals surface area contributed by atoms with Crippen LogP contribution in [0.2, 0.25) is 0 Å². The first-order chi connectivity index (χ1) is 13.1. The highest BCUT2D eigenvalue weighted by molar-refractivity contribution is 8.18. The van der Waals surface area contributed by atoms with E-state index >= 15 is 0 Å². The maximum atomic E-state index is 12.3. The fourth-order valence-electron chi connectivity index (χ4n) is 2.72. The third-order valence-corrected chi connectivity index (χ3v) is 5.85. The van der Waals surface area contributed by atoms with E-state index in [-0.39, 0.29) is 5.91 Å². The number of amides is 1. The summed E-state index contributed by atoms with van der Waals surface area (Å²) in [4.78, 5) is 22.3. The number of pyridine rings is 1. The lowest BCUT2D eigenvalue weighted by atomic mass is 10.1. The molecule has 7 heteroatoms. The second kappa shape index (κ2) is 7.46. The average molecular weight is 393 g/mol. The van der Waals surface area contributed by atoms with Crippen LogP contribution in [0.3, 0.4) is 0 Å². The largest absolute Gasteiger partial charge is 0.300 e. The number of carbonyl (C=O) groups is 1. The summed E-state index contributed by atoms with van der Waals surface area (Å²) >= 11 is 1.27. The molecule has 0 spiro atoms. The zero-order chi connectivity index (χ0) is 18.8. The lowest BCUT2D eigenvalue weighted by Crippen LogP contribution is -2.19. The zero-order valence-corrected chi connectivity index (χ0v) is 16.0. The van der Waals surface area contributed by atoms with Crippen molar-refractivity contribution in [2.75, 3.05) is 6.26 Å². The highest BCUT2D eigenvalue weighted by Gasteiger charge is 2.24. The Bertz CT molecular complexity index is 1140. The minimum atomic E-state index is -1.15. The lowest BCUT2D eigenvalue weighted by molar-refractivity contribution is -0.115. The Balaban J connectivity index is 1.64. The van der Waals surface area contributed by atoms with E-state index < -0.39 is 10.8 Å². The van der Waals surface area contributed by atoms with E-state index in [9.17, 15) is 9.00 Å². The molecule has 0 saturated carbocycles. The maximum absolute atomic E-state index is 12.3. The Hall–Kier alpha value is -2.77. The second-order valence-electron chi connectivity index (χ2n) is 5.86. The molecule has 1 aromatic heterocycles. The van der Waals surface area contributed by atoms with Crippen LogP contribution in [0.25, 0.3) is 17.0 Å². The summed E-state index contributed by atoms with van der Waals surface area (Å²) in [6.45, 7) is 0. The van der Waals surface area contributed by atoms with Gasteiger partial charge in [-0.05, 0) is 53.7 Å². The van der Waals surface area contributed by atoms with E-state index in [0.29, 0.717) is 20.7 Å². The van der Waals surface area contributed by atoms with Crippen molar-refractivity contribution in [3.8, 4) is 0 Å². The highest BCUT2D eigenvalue weighted by Crippen LogP contribution is 2.30. The highest BCUT2D eigenvalue weighted by atomic mass is 32.2. The van der Waals surface area contributed by atoms with Crippen LogP contribution >= 0.6 is 11.8 Å². The van der Waals surface area contributed by atoms with Gasteiger partial charge in [0.2, 0.25) is 0 Å². The normalized spacial score (nSPS) is 18.2. The molecule has 0 bridgehead atoms. The number of nitrogens with zero attached hydrogens (tertiary/aromatic N) is 2. The number of thioether (sulfide) groups is 1. The number of aromatic nitrogens is 1. The number of carbonyl (C=O) groups excluding carboxylic acids is 1. The number of benzene rings is 2. The zero-order valence-electron chi connectivity index (χ0n) is 14.4. The van der Waals surface area contributed by atoms with Crippen LogP contribution in [-0.4, -0.2) is 26.5 Å². The van der Waals surface area contributed by atoms with Gasteiger partial charge in [0, 0.05) is 17.8 Å². The molecule has 3 aromatic rings. The molecular weight excluding hydrogens is 378 g/mol. The minimum Gasteiger partial charge on any atom is -0.300 e. The van der Waals surface area contributed by atoms with Crippen LogP contribution in [0.4, 0.5) is 5.69 Å². The predicted octanol–water partition coefficient (Wildman–Crippen LogP) is 3.86. The van der Waals surface area contributed by atoms with Crippen LogP contribution in [0.5, 0.6) is 0 Å². The number of fused-ring (bicyclic) bond motifs is 1. The first-order valence-electron chi connectivity index (χ1n) is 8.17. The Morgan fingerprint density at radius 3 is 2.85 bits per heavy atom. The van der Waals surface area contributed by atoms with Crippen molar-refractivity contribution in [2.24, 2.45) is 4.99 Å². The molecule has 0 aliphatic carbocycles. The van der Waals surface area contributed by atoms with Gasteiger partial charge in [0.15, 0.2) is 5.17 Å². The Morgan fingerprint density at radius 1 is 1.15 bits per heavy atom. The van der Waals surface area contributed by atoms with Crippen LogP contribution in [0, 0.1) is 0 Å². The van der Waals surface area contributed by atoms with E-state index in [1.165, 1.54) is 11.8 Å². The first-order valence-corrected chi connectivity index (χ1v) is 10.5. The van der Waals surface area contributed by atoms with Gasteiger partial charge in [-0.15, -0.1) is 0 Å². The van der Waals surface area contributed by atoms with Crippen LogP contribution in [0.15, 0.2) is 75.6 Å². The fraction of sp³-hybridized carbons (Fsp3) is 0.0500. The van der Waals surface area contributed by atoms with Crippen molar-refractivity contribution in [1.82, 2.24) is 10.3 Å². The van der Waals surface area contributed by atoms with Gasteiger partial charge in [-0.1, -0.05) is 24.3 Å².